The van der Waals surface area contributed by atoms with Gasteiger partial charge in [-0.25, -0.2) is 0 Å². The van der Waals surface area contributed by atoms with Crippen molar-refractivity contribution in [2.75, 3.05) is 18.6 Å². The Labute approximate surface area is 155 Å². The van der Waals surface area contributed by atoms with E-state index >= 15 is 0 Å². The fourth-order valence-electron chi connectivity index (χ4n) is 3.42. The monoisotopic (exact) mass is 381 g/mol. The third kappa shape index (κ3) is 3.37. The minimum atomic E-state index is -0.933. The number of carbonyl (C=O) groups is 2. The van der Waals surface area contributed by atoms with Gasteiger partial charge in [-0.05, 0) is 49.0 Å². The van der Waals surface area contributed by atoms with Crippen molar-refractivity contribution in [2.24, 2.45) is 5.92 Å². The zero-order chi connectivity index (χ0) is 18.1. The van der Waals surface area contributed by atoms with Crippen LogP contribution in [-0.4, -0.2) is 40.2 Å². The molecule has 0 radical (unpaired) electrons. The van der Waals surface area contributed by atoms with Crippen LogP contribution >= 0.6 is 23.4 Å². The van der Waals surface area contributed by atoms with Gasteiger partial charge in [0.1, 0.15) is 5.75 Å². The van der Waals surface area contributed by atoms with Crippen LogP contribution in [0.1, 0.15) is 28.9 Å². The molecule has 1 aromatic carbocycles. The number of hydrogen-bond acceptors (Lipinski definition) is 4. The predicted octanol–water partition coefficient (Wildman–Crippen LogP) is 4.02. The van der Waals surface area contributed by atoms with Crippen LogP contribution in [0.25, 0.3) is 10.9 Å². The summed E-state index contributed by atoms with van der Waals surface area (Å²) in [5.41, 5.74) is 1.96. The molecule has 0 saturated carbocycles. The van der Waals surface area contributed by atoms with Crippen LogP contribution in [0.4, 0.5) is 0 Å². The molecule has 1 saturated heterocycles. The first-order valence-corrected chi connectivity index (χ1v) is 9.68. The molecular weight excluding hydrogens is 362 g/mol. The number of carbonyl (C=O) groups excluding carboxylic acids is 1. The molecule has 2 aromatic rings. The molecule has 0 unspecified atom stereocenters. The van der Waals surface area contributed by atoms with Crippen molar-refractivity contribution in [1.29, 1.82) is 0 Å². The molecule has 0 spiro atoms. The van der Waals surface area contributed by atoms with Gasteiger partial charge in [-0.3, -0.25) is 14.2 Å². The van der Waals surface area contributed by atoms with Crippen molar-refractivity contribution in [3.63, 3.8) is 0 Å². The lowest BCUT2D eigenvalue weighted by atomic mass is 10.0. The van der Waals surface area contributed by atoms with Crippen LogP contribution in [0, 0.1) is 12.8 Å². The van der Waals surface area contributed by atoms with E-state index < -0.39 is 5.97 Å². The lowest BCUT2D eigenvalue weighted by Gasteiger charge is -2.21. The molecule has 3 rings (SSSR count). The number of aliphatic carboxylic acids is 1. The highest BCUT2D eigenvalue weighted by molar-refractivity contribution is 7.99. The van der Waals surface area contributed by atoms with E-state index in [1.54, 1.807) is 23.6 Å². The first-order valence-electron chi connectivity index (χ1n) is 8.15. The number of fused-ring (bicyclic) bond motifs is 1. The van der Waals surface area contributed by atoms with Crippen LogP contribution in [0.15, 0.2) is 12.1 Å². The molecule has 1 fully saturated rings. The minimum absolute atomic E-state index is 0.0284. The fraction of sp³-hybridized carbons (Fsp3) is 0.444. The zero-order valence-electron chi connectivity index (χ0n) is 14.2. The van der Waals surface area contributed by atoms with E-state index in [1.165, 1.54) is 7.11 Å². The lowest BCUT2D eigenvalue weighted by molar-refractivity contribution is -0.136. The van der Waals surface area contributed by atoms with Gasteiger partial charge in [0.05, 0.1) is 24.1 Å². The summed E-state index contributed by atoms with van der Waals surface area (Å²) in [4.78, 5) is 24.4. The highest BCUT2D eigenvalue weighted by Crippen LogP contribution is 2.36. The number of carboxylic acids is 1. The highest BCUT2D eigenvalue weighted by atomic mass is 35.5. The van der Waals surface area contributed by atoms with Gasteiger partial charge in [0.25, 0.3) is 0 Å². The molecule has 0 aliphatic carbocycles. The summed E-state index contributed by atoms with van der Waals surface area (Å²) < 4.78 is 6.92. The fourth-order valence-corrected chi connectivity index (χ4v) is 4.76. The Hall–Kier alpha value is -1.66. The van der Waals surface area contributed by atoms with Crippen molar-refractivity contribution in [2.45, 2.75) is 26.2 Å². The van der Waals surface area contributed by atoms with Gasteiger partial charge in [0.2, 0.25) is 5.91 Å². The lowest BCUT2D eigenvalue weighted by Crippen LogP contribution is -2.26. The largest absolute Gasteiger partial charge is 0.495 e. The van der Waals surface area contributed by atoms with E-state index in [1.807, 2.05) is 11.8 Å². The van der Waals surface area contributed by atoms with E-state index in [2.05, 4.69) is 0 Å². The third-order valence-corrected chi connectivity index (χ3v) is 6.07. The Bertz CT molecular complexity index is 839. The van der Waals surface area contributed by atoms with E-state index in [-0.39, 0.29) is 18.2 Å². The average molecular weight is 382 g/mol. The molecule has 25 heavy (non-hydrogen) atoms. The molecule has 5 nitrogen and oxygen atoms in total. The van der Waals surface area contributed by atoms with Crippen molar-refractivity contribution in [3.8, 4) is 5.75 Å². The molecule has 1 aliphatic heterocycles. The number of methoxy groups -OCH3 is 1. The maximum atomic E-state index is 13.1. The van der Waals surface area contributed by atoms with Crippen molar-refractivity contribution in [3.05, 3.63) is 28.4 Å². The summed E-state index contributed by atoms with van der Waals surface area (Å²) >= 11 is 8.13. The third-order valence-electron chi connectivity index (χ3n) is 4.73. The van der Waals surface area contributed by atoms with Crippen LogP contribution in [0.2, 0.25) is 5.02 Å². The smallest absolute Gasteiger partial charge is 0.307 e. The number of nitrogens with zero attached hydrogens (tertiary/aromatic N) is 1. The van der Waals surface area contributed by atoms with Crippen LogP contribution < -0.4 is 4.74 Å². The number of hydrogen-bond donors (Lipinski definition) is 1. The van der Waals surface area contributed by atoms with Crippen LogP contribution in [-0.2, 0) is 11.2 Å². The molecule has 0 amide bonds. The first-order chi connectivity index (χ1) is 11.9. The van der Waals surface area contributed by atoms with Gasteiger partial charge >= 0.3 is 5.97 Å². The molecule has 134 valence electrons. The normalized spacial score (nSPS) is 15.5. The Kier molecular flexibility index (Phi) is 5.29. The number of ether oxygens (including phenoxy) is 1. The molecular formula is C18H20ClNO4S. The Morgan fingerprint density at radius 3 is 2.64 bits per heavy atom. The van der Waals surface area contributed by atoms with Gasteiger partial charge in [0.15, 0.2) is 0 Å². The average Bonchev–Trinajstić information content (AvgIpc) is 2.85. The second-order valence-corrected chi connectivity index (χ2v) is 7.83. The SMILES string of the molecule is COc1cc2c(CC(=O)O)c(C)n(C(=O)C3CCSCC3)c2cc1Cl. The van der Waals surface area contributed by atoms with E-state index in [0.29, 0.717) is 32.9 Å². The van der Waals surface area contributed by atoms with Crippen LogP contribution in [0.5, 0.6) is 5.75 Å². The van der Waals surface area contributed by atoms with Crippen molar-refractivity contribution in [1.82, 2.24) is 4.57 Å². The van der Waals surface area contributed by atoms with Crippen LogP contribution in [0.3, 0.4) is 0 Å². The Balaban J connectivity index is 2.19. The van der Waals surface area contributed by atoms with E-state index in [4.69, 9.17) is 16.3 Å². The highest BCUT2D eigenvalue weighted by Gasteiger charge is 2.28. The number of rotatable bonds is 4. The summed E-state index contributed by atoms with van der Waals surface area (Å²) in [6.07, 6.45) is 1.55. The summed E-state index contributed by atoms with van der Waals surface area (Å²) in [7, 11) is 1.51. The topological polar surface area (TPSA) is 68.5 Å². The van der Waals surface area contributed by atoms with Gasteiger partial charge in [-0.2, -0.15) is 11.8 Å². The molecule has 0 atom stereocenters. The van der Waals surface area contributed by atoms with Crippen molar-refractivity contribution >= 4 is 46.1 Å². The second kappa shape index (κ2) is 7.30. The number of thioether (sulfide) groups is 1. The maximum Gasteiger partial charge on any atom is 0.307 e. The zero-order valence-corrected chi connectivity index (χ0v) is 15.7. The number of aromatic nitrogens is 1. The van der Waals surface area contributed by atoms with Gasteiger partial charge in [-0.1, -0.05) is 11.6 Å². The van der Waals surface area contributed by atoms with Gasteiger partial charge in [-0.15, -0.1) is 0 Å². The van der Waals surface area contributed by atoms with E-state index in [9.17, 15) is 14.7 Å². The molecule has 1 aromatic heterocycles. The summed E-state index contributed by atoms with van der Waals surface area (Å²) in [6, 6.07) is 3.42. The molecule has 7 heteroatoms. The summed E-state index contributed by atoms with van der Waals surface area (Å²) in [6.45, 7) is 1.80. The Morgan fingerprint density at radius 1 is 1.36 bits per heavy atom. The quantitative estimate of drug-likeness (QED) is 0.866. The minimum Gasteiger partial charge on any atom is -0.495 e. The second-order valence-electron chi connectivity index (χ2n) is 6.20. The Morgan fingerprint density at radius 2 is 2.04 bits per heavy atom. The first kappa shape index (κ1) is 18.1. The summed E-state index contributed by atoms with van der Waals surface area (Å²) in [5.74, 6) is 1.49. The number of halogens is 1. The summed E-state index contributed by atoms with van der Waals surface area (Å²) in [5, 5.41) is 10.4. The molecule has 1 N–H and O–H groups in total. The van der Waals surface area contributed by atoms with Gasteiger partial charge < -0.3 is 9.84 Å². The standard InChI is InChI=1S/C18H20ClNO4S/c1-10-12(8-17(21)22)13-7-16(24-2)14(19)9-15(13)20(10)18(23)11-3-5-25-6-4-11/h7,9,11H,3-6,8H2,1-2H3,(H,21,22). The van der Waals surface area contributed by atoms with Crippen molar-refractivity contribution < 1.29 is 19.4 Å². The van der Waals surface area contributed by atoms with E-state index in [0.717, 1.165) is 24.3 Å². The molecule has 1 aliphatic rings. The molecule has 2 heterocycles. The van der Waals surface area contributed by atoms with Gasteiger partial charge in [0, 0.05) is 17.0 Å². The number of benzene rings is 1. The number of carboxylic acid groups (broad SMARTS) is 1. The predicted molar refractivity (Wildman–Crippen MR) is 100 cm³/mol. The molecule has 0 bridgehead atoms. The maximum absolute atomic E-state index is 13.1.